The van der Waals surface area contributed by atoms with Crippen LogP contribution in [0.4, 0.5) is 20.4 Å². The summed E-state index contributed by atoms with van der Waals surface area (Å²) in [5, 5.41) is 3.12. The van der Waals surface area contributed by atoms with Gasteiger partial charge in [0.15, 0.2) is 5.96 Å². The Morgan fingerprint density at radius 2 is 1.76 bits per heavy atom. The van der Waals surface area contributed by atoms with E-state index in [0.29, 0.717) is 44.0 Å². The lowest BCUT2D eigenvalue weighted by Crippen LogP contribution is -2.24. The number of carbonyl (C=O) groups is 1. The number of nitrogens with one attached hydrogen (secondary N) is 1. The molecule has 0 spiro atoms. The maximum absolute atomic E-state index is 14.8. The Bertz CT molecular complexity index is 1600. The highest BCUT2D eigenvalue weighted by molar-refractivity contribution is 14.1. The smallest absolute Gasteiger partial charge is 0.280 e. The van der Waals surface area contributed by atoms with Gasteiger partial charge in [-0.3, -0.25) is 9.79 Å². The quantitative estimate of drug-likeness (QED) is 0.126. The fraction of sp³-hybridized carbons (Fsp3) is 0.0741. The summed E-state index contributed by atoms with van der Waals surface area (Å²) < 4.78 is 30.3. The van der Waals surface area contributed by atoms with Crippen LogP contribution in [0.15, 0.2) is 76.8 Å². The van der Waals surface area contributed by atoms with Crippen LogP contribution in [0, 0.1) is 11.6 Å². The maximum atomic E-state index is 14.8. The number of guanidine groups is 1. The number of hydrogen-bond acceptors (Lipinski definition) is 5. The first-order valence-electron chi connectivity index (χ1n) is 11.4. The summed E-state index contributed by atoms with van der Waals surface area (Å²) in [6.45, 7) is 0.147. The Morgan fingerprint density at radius 1 is 1.03 bits per heavy atom. The van der Waals surface area contributed by atoms with Crippen LogP contribution in [0.25, 0.3) is 11.3 Å². The maximum Gasteiger partial charge on any atom is 0.280 e. The molecule has 1 amide bonds. The highest BCUT2D eigenvalue weighted by Crippen LogP contribution is 2.34. The summed E-state index contributed by atoms with van der Waals surface area (Å²) >= 11 is 2.24. The average molecular weight is 623 g/mol. The molecule has 0 fully saturated rings. The third kappa shape index (κ3) is 5.09. The molecule has 11 heteroatoms. The lowest BCUT2D eigenvalue weighted by atomic mass is 9.93. The van der Waals surface area contributed by atoms with Crippen molar-refractivity contribution in [2.75, 3.05) is 5.32 Å². The number of anilines is 2. The summed E-state index contributed by atoms with van der Waals surface area (Å²) in [5.41, 5.74) is 15.1. The fourth-order valence-corrected chi connectivity index (χ4v) is 4.56. The number of rotatable bonds is 5. The van der Waals surface area contributed by atoms with Gasteiger partial charge in [-0.15, -0.1) is 0 Å². The van der Waals surface area contributed by atoms with Crippen molar-refractivity contribution in [1.82, 2.24) is 9.97 Å². The molecule has 0 radical (unpaired) electrons. The van der Waals surface area contributed by atoms with Crippen molar-refractivity contribution in [1.29, 1.82) is 0 Å². The molecule has 0 saturated carbocycles. The van der Waals surface area contributed by atoms with Crippen molar-refractivity contribution in [3.63, 3.8) is 0 Å². The fourth-order valence-electron chi connectivity index (χ4n) is 4.09. The molecular weight excluding hydrogens is 603 g/mol. The van der Waals surface area contributed by atoms with Crippen LogP contribution in [0.2, 0.25) is 0 Å². The van der Waals surface area contributed by atoms with Crippen LogP contribution in [0.3, 0.4) is 0 Å². The predicted octanol–water partition coefficient (Wildman–Crippen LogP) is 4.87. The van der Waals surface area contributed by atoms with E-state index < -0.39 is 17.5 Å². The number of nitrogens with zero attached hydrogens (tertiary/aromatic N) is 4. The minimum atomic E-state index is -0.684. The average Bonchev–Trinajstić information content (AvgIpc) is 3.05. The number of benzene rings is 3. The monoisotopic (exact) mass is 623 g/mol. The van der Waals surface area contributed by atoms with Gasteiger partial charge in [-0.2, -0.15) is 4.99 Å². The summed E-state index contributed by atoms with van der Waals surface area (Å²) in [6, 6.07) is 16.0. The van der Waals surface area contributed by atoms with Crippen molar-refractivity contribution in [3.8, 4) is 11.3 Å². The van der Waals surface area contributed by atoms with E-state index in [0.717, 1.165) is 5.56 Å². The Morgan fingerprint density at radius 3 is 2.45 bits per heavy atom. The molecule has 1 aliphatic heterocycles. The van der Waals surface area contributed by atoms with Gasteiger partial charge >= 0.3 is 0 Å². The number of carbonyl (C=O) groups excluding carboxylic acids is 1. The number of nitrogens with two attached hydrogens (primary N) is 2. The number of alkyl halides is 1. The van der Waals surface area contributed by atoms with Gasteiger partial charge in [-0.05, 0) is 48.0 Å². The van der Waals surface area contributed by atoms with Gasteiger partial charge in [0.25, 0.3) is 5.91 Å². The molecule has 1 aliphatic rings. The topological polar surface area (TPSA) is 132 Å². The van der Waals surface area contributed by atoms with E-state index >= 15 is 0 Å². The van der Waals surface area contributed by atoms with Crippen molar-refractivity contribution in [2.45, 2.75) is 11.0 Å². The molecule has 0 saturated heterocycles. The van der Waals surface area contributed by atoms with Crippen molar-refractivity contribution in [3.05, 3.63) is 106 Å². The zero-order valence-electron chi connectivity index (χ0n) is 19.8. The van der Waals surface area contributed by atoms with Gasteiger partial charge in [0.1, 0.15) is 11.6 Å². The van der Waals surface area contributed by atoms with E-state index in [1.54, 1.807) is 30.5 Å². The third-order valence-electron chi connectivity index (χ3n) is 5.84. The van der Waals surface area contributed by atoms with Crippen molar-refractivity contribution < 1.29 is 13.6 Å². The van der Waals surface area contributed by atoms with Crippen LogP contribution in [0.1, 0.15) is 32.6 Å². The Labute approximate surface area is 230 Å². The molecule has 3 aromatic carbocycles. The van der Waals surface area contributed by atoms with E-state index in [4.69, 9.17) is 16.5 Å². The SMILES string of the molecule is NC(N)=NC(=O)c1ccc(Nc2ncc3c(n2)-c2ccc(CI)cc2C(c2c(F)cccc2F)=NC3)cc1. The Balaban J connectivity index is 1.54. The van der Waals surface area contributed by atoms with Crippen molar-refractivity contribution in [2.24, 2.45) is 21.5 Å². The first-order chi connectivity index (χ1) is 18.3. The van der Waals surface area contributed by atoms with Gasteiger partial charge in [0.2, 0.25) is 5.95 Å². The minimum absolute atomic E-state index is 0.147. The zero-order chi connectivity index (χ0) is 26.8. The molecule has 8 nitrogen and oxygen atoms in total. The molecule has 1 aromatic heterocycles. The molecule has 38 heavy (non-hydrogen) atoms. The second kappa shape index (κ2) is 10.6. The van der Waals surface area contributed by atoms with E-state index in [-0.39, 0.29) is 23.8 Å². The highest BCUT2D eigenvalue weighted by atomic mass is 127. The molecule has 0 bridgehead atoms. The molecule has 0 unspecified atom stereocenters. The normalized spacial score (nSPS) is 12.0. The van der Waals surface area contributed by atoms with Crippen LogP contribution >= 0.6 is 22.6 Å². The third-order valence-corrected chi connectivity index (χ3v) is 6.72. The lowest BCUT2D eigenvalue weighted by Gasteiger charge is -2.14. The molecule has 4 aromatic rings. The van der Waals surface area contributed by atoms with Gasteiger partial charge in [-0.1, -0.05) is 40.8 Å². The summed E-state index contributed by atoms with van der Waals surface area (Å²) in [7, 11) is 0. The van der Waals surface area contributed by atoms with Gasteiger partial charge in [0.05, 0.1) is 23.5 Å². The second-order valence-corrected chi connectivity index (χ2v) is 9.15. The number of halogens is 3. The minimum Gasteiger partial charge on any atom is -0.370 e. The Kier molecular flexibility index (Phi) is 7.09. The summed E-state index contributed by atoms with van der Waals surface area (Å²) in [5.74, 6) is -1.93. The zero-order valence-corrected chi connectivity index (χ0v) is 21.9. The Hall–Kier alpha value is -4.26. The summed E-state index contributed by atoms with van der Waals surface area (Å²) in [4.78, 5) is 29.3. The number of aliphatic imine (C=N–C) groups is 2. The first-order valence-corrected chi connectivity index (χ1v) is 12.9. The molecule has 5 rings (SSSR count). The number of fused-ring (bicyclic) bond motifs is 3. The number of amides is 1. The van der Waals surface area contributed by atoms with E-state index in [1.807, 2.05) is 18.2 Å². The van der Waals surface area contributed by atoms with Gasteiger partial charge in [0, 0.05) is 38.6 Å². The molecule has 190 valence electrons. The lowest BCUT2D eigenvalue weighted by molar-refractivity contribution is 0.100. The van der Waals surface area contributed by atoms with Crippen LogP contribution in [0.5, 0.6) is 0 Å². The summed E-state index contributed by atoms with van der Waals surface area (Å²) in [6.07, 6.45) is 1.64. The van der Waals surface area contributed by atoms with Gasteiger partial charge in [-0.25, -0.2) is 18.7 Å². The standard InChI is InChI=1S/C27H20F2IN7O/c28-20-2-1-3-21(29)22(20)24-19-10-14(11-30)4-9-18(19)23-16(12-33-24)13-34-27(36-23)35-17-7-5-15(6-8-17)25(38)37-26(31)32/h1-10,13H,11-12H2,(H,34,35,36)(H4,31,32,37,38). The molecule has 2 heterocycles. The number of aromatic nitrogens is 2. The van der Waals surface area contributed by atoms with E-state index in [9.17, 15) is 13.6 Å². The van der Waals surface area contributed by atoms with Gasteiger partial charge < -0.3 is 16.8 Å². The van der Waals surface area contributed by atoms with E-state index in [2.05, 4.69) is 42.9 Å². The second-order valence-electron chi connectivity index (χ2n) is 8.39. The van der Waals surface area contributed by atoms with Crippen molar-refractivity contribution >= 4 is 51.8 Å². The molecular formula is C27H20F2IN7O. The van der Waals surface area contributed by atoms with E-state index in [1.165, 1.54) is 18.2 Å². The largest absolute Gasteiger partial charge is 0.370 e. The van der Waals surface area contributed by atoms with Crippen LogP contribution < -0.4 is 16.8 Å². The molecule has 5 N–H and O–H groups in total. The van der Waals surface area contributed by atoms with Crippen LogP contribution in [-0.2, 0) is 11.0 Å². The molecule has 0 aliphatic carbocycles. The molecule has 0 atom stereocenters. The highest BCUT2D eigenvalue weighted by Gasteiger charge is 2.25. The van der Waals surface area contributed by atoms with Crippen LogP contribution in [-0.4, -0.2) is 27.5 Å². The number of hydrogen-bond donors (Lipinski definition) is 3. The predicted molar refractivity (Wildman–Crippen MR) is 151 cm³/mol. The first kappa shape index (κ1) is 25.4.